The second kappa shape index (κ2) is 8.77. The minimum absolute atomic E-state index is 0.541. The van der Waals surface area contributed by atoms with Crippen LogP contribution in [-0.2, 0) is 4.79 Å². The summed E-state index contributed by atoms with van der Waals surface area (Å²) in [5, 5.41) is 0. The Balaban J connectivity index is 2.10. The molecule has 0 spiro atoms. The molecule has 1 atom stereocenters. The van der Waals surface area contributed by atoms with Gasteiger partial charge in [-0.1, -0.05) is 78.8 Å². The molecule has 2 amide bonds. The van der Waals surface area contributed by atoms with E-state index in [0.29, 0.717) is 5.56 Å². The van der Waals surface area contributed by atoms with Crippen molar-refractivity contribution in [1.82, 2.24) is 4.90 Å². The van der Waals surface area contributed by atoms with Crippen LogP contribution in [0.4, 0.5) is 0 Å². The molecule has 3 aromatic carbocycles. The molecular formula is C24H21NO2. The zero-order chi connectivity index (χ0) is 23.4. The lowest BCUT2D eigenvalue weighted by atomic mass is 10.0. The summed E-state index contributed by atoms with van der Waals surface area (Å²) in [7, 11) is 0. The van der Waals surface area contributed by atoms with Crippen LogP contribution in [0.3, 0.4) is 0 Å². The summed E-state index contributed by atoms with van der Waals surface area (Å²) >= 11 is 0. The van der Waals surface area contributed by atoms with Crippen molar-refractivity contribution in [3.05, 3.63) is 114 Å². The second-order valence-electron chi connectivity index (χ2n) is 5.84. The van der Waals surface area contributed by atoms with Crippen molar-refractivity contribution >= 4 is 17.9 Å². The fourth-order valence-corrected chi connectivity index (χ4v) is 2.64. The van der Waals surface area contributed by atoms with Gasteiger partial charge in [0.05, 0.1) is 12.9 Å². The second-order valence-corrected chi connectivity index (χ2v) is 5.84. The first kappa shape index (κ1) is 12.8. The van der Waals surface area contributed by atoms with E-state index in [2.05, 4.69) is 0 Å². The van der Waals surface area contributed by atoms with Gasteiger partial charge in [-0.05, 0) is 36.2 Å². The summed E-state index contributed by atoms with van der Waals surface area (Å²) in [5.41, 5.74) is 0.873. The van der Waals surface area contributed by atoms with Gasteiger partial charge < -0.3 is 0 Å². The normalized spacial score (nSPS) is 14.5. The monoisotopic (exact) mass is 360 g/mol. The Bertz CT molecular complexity index is 1150. The van der Waals surface area contributed by atoms with E-state index in [1.165, 1.54) is 6.08 Å². The van der Waals surface area contributed by atoms with Crippen molar-refractivity contribution in [2.75, 3.05) is 0 Å². The topological polar surface area (TPSA) is 37.4 Å². The van der Waals surface area contributed by atoms with E-state index in [9.17, 15) is 9.59 Å². The van der Waals surface area contributed by atoms with Crippen molar-refractivity contribution in [1.29, 1.82) is 0 Å². The third-order valence-corrected chi connectivity index (χ3v) is 4.06. The number of benzene rings is 3. The molecule has 3 aromatic rings. The van der Waals surface area contributed by atoms with Crippen molar-refractivity contribution in [3.8, 4) is 0 Å². The first-order valence-electron chi connectivity index (χ1n) is 11.0. The van der Waals surface area contributed by atoms with E-state index in [1.807, 2.05) is 18.2 Å². The molecule has 0 saturated heterocycles. The van der Waals surface area contributed by atoms with Crippen LogP contribution in [0, 0.1) is 0 Å². The van der Waals surface area contributed by atoms with Gasteiger partial charge in [-0.25, -0.2) is 0 Å². The smallest absolute Gasteiger partial charge is 0.261 e. The molecule has 3 nitrogen and oxygen atoms in total. The van der Waals surface area contributed by atoms with Crippen LogP contribution in [0.15, 0.2) is 97.0 Å². The Morgan fingerprint density at radius 3 is 2.15 bits per heavy atom. The number of amides is 2. The van der Waals surface area contributed by atoms with E-state index >= 15 is 0 Å². The molecule has 0 heterocycles. The van der Waals surface area contributed by atoms with Gasteiger partial charge in [-0.15, -0.1) is 0 Å². The van der Waals surface area contributed by atoms with Crippen LogP contribution in [0.5, 0.6) is 0 Å². The summed E-state index contributed by atoms with van der Waals surface area (Å²) in [6, 6.07) is 14.0. The maximum absolute atomic E-state index is 13.5. The van der Waals surface area contributed by atoms with E-state index < -0.39 is 53.6 Å². The van der Waals surface area contributed by atoms with Crippen LogP contribution in [-0.4, -0.2) is 16.7 Å². The largest absolute Gasteiger partial charge is 0.269 e. The van der Waals surface area contributed by atoms with Gasteiger partial charge in [-0.2, -0.15) is 0 Å². The Labute approximate surface area is 166 Å². The quantitative estimate of drug-likeness (QED) is 0.592. The van der Waals surface area contributed by atoms with E-state index in [-0.39, 0.29) is 0 Å². The third-order valence-electron chi connectivity index (χ3n) is 4.06. The number of carbonyl (C=O) groups is 2. The first-order chi connectivity index (χ1) is 15.2. The van der Waals surface area contributed by atoms with Crippen LogP contribution in [0.2, 0.25) is 0 Å². The maximum Gasteiger partial charge on any atom is 0.261 e. The molecule has 0 radical (unpaired) electrons. The highest BCUT2D eigenvalue weighted by Crippen LogP contribution is 2.23. The van der Waals surface area contributed by atoms with Gasteiger partial charge in [-0.3, -0.25) is 14.5 Å². The molecule has 3 rings (SSSR count). The lowest BCUT2D eigenvalue weighted by molar-refractivity contribution is -0.125. The van der Waals surface area contributed by atoms with E-state index in [1.54, 1.807) is 55.5 Å². The van der Waals surface area contributed by atoms with Gasteiger partial charge in [0, 0.05) is 11.6 Å². The fourth-order valence-electron chi connectivity index (χ4n) is 2.64. The summed E-state index contributed by atoms with van der Waals surface area (Å²) in [4.78, 5) is 27.6. The predicted octanol–water partition coefficient (Wildman–Crippen LogP) is 5.13. The first-order valence-corrected chi connectivity index (χ1v) is 8.46. The van der Waals surface area contributed by atoms with E-state index in [4.69, 9.17) is 6.85 Å². The van der Waals surface area contributed by atoms with Gasteiger partial charge in [0.2, 0.25) is 0 Å². The van der Waals surface area contributed by atoms with Gasteiger partial charge in [0.15, 0.2) is 0 Å². The van der Waals surface area contributed by atoms with Crippen LogP contribution in [0.1, 0.15) is 41.3 Å². The molecule has 1 unspecified atom stereocenters. The van der Waals surface area contributed by atoms with Crippen molar-refractivity contribution in [2.24, 2.45) is 0 Å². The average Bonchev–Trinajstić information content (AvgIpc) is 2.81. The SMILES string of the molecule is [2H]c1c([2H])c([2H])c(C(=O)N(C(=O)/C=C/c2ccccc2)C(C)c2ccccc2)c([2H])c1[2H]. The number of hydrogen-bond acceptors (Lipinski definition) is 2. The zero-order valence-electron chi connectivity index (χ0n) is 19.8. The van der Waals surface area contributed by atoms with Crippen molar-refractivity contribution in [2.45, 2.75) is 13.0 Å². The Morgan fingerprint density at radius 2 is 1.52 bits per heavy atom. The highest BCUT2D eigenvalue weighted by molar-refractivity contribution is 6.09. The maximum atomic E-state index is 13.5. The summed E-state index contributed by atoms with van der Waals surface area (Å²) in [6.45, 7) is 1.65. The summed E-state index contributed by atoms with van der Waals surface area (Å²) in [5.74, 6) is -1.62. The van der Waals surface area contributed by atoms with Gasteiger partial charge >= 0.3 is 0 Å². The van der Waals surface area contributed by atoms with Gasteiger partial charge in [0.1, 0.15) is 0 Å². The van der Waals surface area contributed by atoms with Crippen LogP contribution >= 0.6 is 0 Å². The molecule has 0 aliphatic heterocycles. The Hall–Kier alpha value is -3.46. The lowest BCUT2D eigenvalue weighted by Crippen LogP contribution is -2.38. The molecule has 0 fully saturated rings. The minimum Gasteiger partial charge on any atom is -0.269 e. The third kappa shape index (κ3) is 4.59. The molecule has 0 bridgehead atoms. The molecule has 3 heteroatoms. The van der Waals surface area contributed by atoms with E-state index in [0.717, 1.165) is 10.5 Å². The molecular weight excluding hydrogens is 334 g/mol. The van der Waals surface area contributed by atoms with Crippen molar-refractivity contribution < 1.29 is 16.4 Å². The fraction of sp³-hybridized carbons (Fsp3) is 0.0833. The molecule has 0 saturated carbocycles. The molecule has 27 heavy (non-hydrogen) atoms. The standard InChI is InChI=1S/C24H21NO2/c1-19(21-13-7-3-8-14-21)25(24(27)22-15-9-4-10-16-22)23(26)18-17-20-11-5-2-6-12-20/h2-19H,1H3/b18-17+/i4D,9D,10D,15D,16D. The molecule has 0 aliphatic rings. The highest BCUT2D eigenvalue weighted by Gasteiger charge is 2.27. The zero-order valence-corrected chi connectivity index (χ0v) is 14.8. The van der Waals surface area contributed by atoms with Crippen LogP contribution < -0.4 is 0 Å². The number of carbonyl (C=O) groups excluding carboxylic acids is 2. The summed E-state index contributed by atoms with van der Waals surface area (Å²) < 4.78 is 39.7. The minimum atomic E-state index is -0.957. The molecule has 0 aliphatic carbocycles. The lowest BCUT2D eigenvalue weighted by Gasteiger charge is -2.27. The predicted molar refractivity (Wildman–Crippen MR) is 108 cm³/mol. The molecule has 134 valence electrons. The number of nitrogens with zero attached hydrogens (tertiary/aromatic N) is 1. The van der Waals surface area contributed by atoms with Crippen molar-refractivity contribution in [3.63, 3.8) is 0 Å². The number of imide groups is 1. The summed E-state index contributed by atoms with van der Waals surface area (Å²) in [6.07, 6.45) is 2.80. The molecule has 0 N–H and O–H groups in total. The average molecular weight is 360 g/mol. The number of hydrogen-bond donors (Lipinski definition) is 0. The Morgan fingerprint density at radius 1 is 0.926 bits per heavy atom. The number of rotatable bonds is 5. The van der Waals surface area contributed by atoms with Gasteiger partial charge in [0.25, 0.3) is 11.8 Å². The Kier molecular flexibility index (Phi) is 4.16. The van der Waals surface area contributed by atoms with Crippen LogP contribution in [0.25, 0.3) is 6.08 Å². The molecule has 0 aromatic heterocycles. The highest BCUT2D eigenvalue weighted by atomic mass is 16.2.